The highest BCUT2D eigenvalue weighted by atomic mass is 16.2. The minimum Gasteiger partial charge on any atom is -0.366 e. The molecule has 1 amide bonds. The predicted octanol–water partition coefficient (Wildman–Crippen LogP) is 1.92. The van der Waals surface area contributed by atoms with Crippen molar-refractivity contribution in [3.63, 3.8) is 0 Å². The maximum atomic E-state index is 11.9. The molecule has 1 aliphatic rings. The molecule has 0 unspecified atom stereocenters. The quantitative estimate of drug-likeness (QED) is 0.776. The monoisotopic (exact) mass is 348 g/mol. The van der Waals surface area contributed by atoms with E-state index in [2.05, 4.69) is 38.5 Å². The number of nitrogens with one attached hydrogen (secondary N) is 1. The molecule has 1 fully saturated rings. The number of amides is 1. The van der Waals surface area contributed by atoms with Crippen LogP contribution in [0.2, 0.25) is 0 Å². The van der Waals surface area contributed by atoms with Crippen LogP contribution in [0.4, 0.5) is 11.6 Å². The molecule has 0 atom stereocenters. The minimum absolute atomic E-state index is 0.103. The van der Waals surface area contributed by atoms with Gasteiger partial charge < -0.3 is 15.1 Å². The summed E-state index contributed by atoms with van der Waals surface area (Å²) in [5.41, 5.74) is 2.10. The van der Waals surface area contributed by atoms with E-state index in [1.165, 1.54) is 6.33 Å². The van der Waals surface area contributed by atoms with E-state index in [0.717, 1.165) is 34.6 Å². The Morgan fingerprint density at radius 2 is 2.00 bits per heavy atom. The molecule has 132 valence electrons. The van der Waals surface area contributed by atoms with Gasteiger partial charge in [0.15, 0.2) is 0 Å². The number of aromatic nitrogens is 3. The Hall–Kier alpha value is -3.22. The first-order chi connectivity index (χ1) is 12.7. The summed E-state index contributed by atoms with van der Waals surface area (Å²) in [5, 5.41) is 4.46. The molecule has 3 aromatic rings. The van der Waals surface area contributed by atoms with Crippen LogP contribution in [0, 0.1) is 0 Å². The molecule has 26 heavy (non-hydrogen) atoms. The number of pyridine rings is 1. The number of rotatable bonds is 4. The lowest BCUT2D eigenvalue weighted by molar-refractivity contribution is -0.129. The van der Waals surface area contributed by atoms with E-state index in [0.29, 0.717) is 19.6 Å². The Balaban J connectivity index is 1.50. The lowest BCUT2D eigenvalue weighted by Gasteiger charge is -2.32. The van der Waals surface area contributed by atoms with Crippen LogP contribution in [-0.2, 0) is 11.3 Å². The average molecular weight is 348 g/mol. The van der Waals surface area contributed by atoms with E-state index in [1.807, 2.05) is 30.1 Å². The highest BCUT2D eigenvalue weighted by molar-refractivity contribution is 5.82. The molecular weight excluding hydrogens is 328 g/mol. The molecule has 2 aromatic heterocycles. The van der Waals surface area contributed by atoms with Crippen molar-refractivity contribution in [1.82, 2.24) is 19.9 Å². The van der Waals surface area contributed by atoms with E-state index in [4.69, 9.17) is 0 Å². The third-order valence-corrected chi connectivity index (χ3v) is 4.61. The minimum atomic E-state index is 0.103. The number of hydrogen-bond acceptors (Lipinski definition) is 6. The standard InChI is InChI=1S/C19H20N6O/c1-24-8-9-25(12-18(24)26)17-10-16(22-13-23-17)21-11-15-5-2-4-14-6-3-7-20-19(14)15/h2-7,10,13H,8-9,11-12H2,1H3,(H,21,22,23). The Bertz CT molecular complexity index is 939. The zero-order valence-corrected chi connectivity index (χ0v) is 14.6. The second kappa shape index (κ2) is 6.95. The number of likely N-dealkylation sites (N-methyl/N-ethyl adjacent to an activating group) is 1. The normalized spacial score (nSPS) is 14.7. The predicted molar refractivity (Wildman–Crippen MR) is 101 cm³/mol. The Morgan fingerprint density at radius 3 is 2.88 bits per heavy atom. The molecular formula is C19H20N6O. The molecule has 7 heteroatoms. The van der Waals surface area contributed by atoms with Crippen LogP contribution < -0.4 is 10.2 Å². The van der Waals surface area contributed by atoms with Crippen LogP contribution in [0.1, 0.15) is 5.56 Å². The zero-order chi connectivity index (χ0) is 17.9. The first-order valence-corrected chi connectivity index (χ1v) is 8.58. The third-order valence-electron chi connectivity index (χ3n) is 4.61. The molecule has 4 rings (SSSR count). The molecule has 1 saturated heterocycles. The summed E-state index contributed by atoms with van der Waals surface area (Å²) in [7, 11) is 1.82. The Labute approximate surface area is 151 Å². The molecule has 0 bridgehead atoms. The maximum absolute atomic E-state index is 11.9. The number of piperazine rings is 1. The van der Waals surface area contributed by atoms with Crippen molar-refractivity contribution in [1.29, 1.82) is 0 Å². The molecule has 0 radical (unpaired) electrons. The van der Waals surface area contributed by atoms with Gasteiger partial charge in [0.1, 0.15) is 18.0 Å². The number of fused-ring (bicyclic) bond motifs is 1. The fraction of sp³-hybridized carbons (Fsp3) is 0.263. The van der Waals surface area contributed by atoms with Gasteiger partial charge in [-0.05, 0) is 11.6 Å². The highest BCUT2D eigenvalue weighted by Crippen LogP contribution is 2.19. The lowest BCUT2D eigenvalue weighted by Crippen LogP contribution is -2.48. The number of benzene rings is 1. The summed E-state index contributed by atoms with van der Waals surface area (Å²) in [5.74, 6) is 1.60. The van der Waals surface area contributed by atoms with E-state index in [9.17, 15) is 4.79 Å². The molecule has 0 aliphatic carbocycles. The van der Waals surface area contributed by atoms with Gasteiger partial charge >= 0.3 is 0 Å². The van der Waals surface area contributed by atoms with Crippen molar-refractivity contribution in [3.8, 4) is 0 Å². The van der Waals surface area contributed by atoms with Crippen molar-refractivity contribution < 1.29 is 4.79 Å². The fourth-order valence-corrected chi connectivity index (χ4v) is 3.07. The van der Waals surface area contributed by atoms with Crippen LogP contribution >= 0.6 is 0 Å². The number of anilines is 2. The SMILES string of the molecule is CN1CCN(c2cc(NCc3cccc4cccnc34)ncn2)CC1=O. The summed E-state index contributed by atoms with van der Waals surface area (Å²) < 4.78 is 0. The summed E-state index contributed by atoms with van der Waals surface area (Å²) >= 11 is 0. The number of hydrogen-bond donors (Lipinski definition) is 1. The van der Waals surface area contributed by atoms with Gasteiger partial charge in [0.25, 0.3) is 0 Å². The van der Waals surface area contributed by atoms with Gasteiger partial charge in [0.05, 0.1) is 12.1 Å². The van der Waals surface area contributed by atoms with Crippen molar-refractivity contribution >= 4 is 28.4 Å². The summed E-state index contributed by atoms with van der Waals surface area (Å²) in [4.78, 5) is 28.7. The smallest absolute Gasteiger partial charge is 0.241 e. The van der Waals surface area contributed by atoms with Gasteiger partial charge in [-0.2, -0.15) is 0 Å². The summed E-state index contributed by atoms with van der Waals surface area (Å²) in [6, 6.07) is 12.0. The molecule has 1 aliphatic heterocycles. The molecule has 3 heterocycles. The van der Waals surface area contributed by atoms with Gasteiger partial charge in [-0.15, -0.1) is 0 Å². The zero-order valence-electron chi connectivity index (χ0n) is 14.6. The number of nitrogens with zero attached hydrogens (tertiary/aromatic N) is 5. The summed E-state index contributed by atoms with van der Waals surface area (Å²) in [6.07, 6.45) is 3.33. The molecule has 0 spiro atoms. The van der Waals surface area contributed by atoms with Gasteiger partial charge in [0, 0.05) is 44.3 Å². The van der Waals surface area contributed by atoms with Crippen LogP contribution in [0.15, 0.2) is 48.9 Å². The lowest BCUT2D eigenvalue weighted by atomic mass is 10.1. The number of para-hydroxylation sites is 1. The van der Waals surface area contributed by atoms with Crippen molar-refractivity contribution in [2.45, 2.75) is 6.54 Å². The van der Waals surface area contributed by atoms with Crippen molar-refractivity contribution in [3.05, 3.63) is 54.5 Å². The first-order valence-electron chi connectivity index (χ1n) is 8.58. The van der Waals surface area contributed by atoms with Gasteiger partial charge in [0.2, 0.25) is 5.91 Å². The second-order valence-corrected chi connectivity index (χ2v) is 6.34. The summed E-state index contributed by atoms with van der Waals surface area (Å²) in [6.45, 7) is 2.44. The number of carbonyl (C=O) groups excluding carboxylic acids is 1. The number of carbonyl (C=O) groups is 1. The van der Waals surface area contributed by atoms with Gasteiger partial charge in [-0.1, -0.05) is 24.3 Å². The highest BCUT2D eigenvalue weighted by Gasteiger charge is 2.22. The topological polar surface area (TPSA) is 74.2 Å². The van der Waals surface area contributed by atoms with E-state index in [-0.39, 0.29) is 5.91 Å². The van der Waals surface area contributed by atoms with Crippen molar-refractivity contribution in [2.24, 2.45) is 0 Å². The average Bonchev–Trinajstić information content (AvgIpc) is 2.68. The first kappa shape index (κ1) is 16.3. The molecule has 7 nitrogen and oxygen atoms in total. The van der Waals surface area contributed by atoms with E-state index < -0.39 is 0 Å². The molecule has 1 aromatic carbocycles. The van der Waals surface area contributed by atoms with Crippen LogP contribution in [-0.4, -0.2) is 52.4 Å². The van der Waals surface area contributed by atoms with Crippen LogP contribution in [0.3, 0.4) is 0 Å². The fourth-order valence-electron chi connectivity index (χ4n) is 3.07. The van der Waals surface area contributed by atoms with Crippen LogP contribution in [0.5, 0.6) is 0 Å². The second-order valence-electron chi connectivity index (χ2n) is 6.34. The van der Waals surface area contributed by atoms with Gasteiger partial charge in [-0.25, -0.2) is 9.97 Å². The van der Waals surface area contributed by atoms with Crippen molar-refractivity contribution in [2.75, 3.05) is 36.9 Å². The molecule has 1 N–H and O–H groups in total. The third kappa shape index (κ3) is 3.28. The molecule has 0 saturated carbocycles. The Morgan fingerprint density at radius 1 is 1.12 bits per heavy atom. The van der Waals surface area contributed by atoms with Crippen LogP contribution in [0.25, 0.3) is 10.9 Å². The maximum Gasteiger partial charge on any atom is 0.241 e. The van der Waals surface area contributed by atoms with E-state index >= 15 is 0 Å². The van der Waals surface area contributed by atoms with E-state index in [1.54, 1.807) is 11.1 Å². The Kier molecular flexibility index (Phi) is 4.35. The van der Waals surface area contributed by atoms with Gasteiger partial charge in [-0.3, -0.25) is 9.78 Å². The largest absolute Gasteiger partial charge is 0.366 e.